The average Bonchev–Trinajstić information content (AvgIpc) is 3.15. The van der Waals surface area contributed by atoms with E-state index in [2.05, 4.69) is 25.4 Å². The first-order valence-electron chi connectivity index (χ1n) is 14.5. The maximum absolute atomic E-state index is 11.9. The van der Waals surface area contributed by atoms with Gasteiger partial charge in [-0.2, -0.15) is 18.0 Å². The number of hydroxylamine groups is 3. The fourth-order valence-electron chi connectivity index (χ4n) is 4.12. The van der Waals surface area contributed by atoms with Crippen LogP contribution in [0.5, 0.6) is 0 Å². The van der Waals surface area contributed by atoms with Gasteiger partial charge in [-0.3, -0.25) is 18.2 Å². The Bertz CT molecular complexity index is 1290. The molecule has 2 rings (SSSR count). The molecule has 0 radical (unpaired) electrons. The van der Waals surface area contributed by atoms with E-state index in [-0.39, 0.29) is 11.6 Å². The van der Waals surface area contributed by atoms with Crippen LogP contribution in [-0.4, -0.2) is 94.1 Å². The minimum Gasteiger partial charge on any atom is -0.752 e. The molecule has 6 N–H and O–H groups in total. The molecule has 0 aromatic carbocycles. The summed E-state index contributed by atoms with van der Waals surface area (Å²) in [5.74, 6) is -0.153. The van der Waals surface area contributed by atoms with Crippen LogP contribution in [-0.2, 0) is 37.4 Å². The van der Waals surface area contributed by atoms with Crippen molar-refractivity contribution in [3.8, 4) is 0 Å². The summed E-state index contributed by atoms with van der Waals surface area (Å²) in [6.45, 7) is 1.36. The number of aliphatic hydroxyl groups is 2. The minimum absolute atomic E-state index is 0.0734. The molecule has 0 saturated carbocycles. The SMILES string of the molecule is CCCCCCCCCCCCS(=O)(=O)O.C[N+](C)(C)OP(=O)([O-])OP(=O)(O)OC[C@H]1O[C@@H](n2ccc(N)nc2=O)[C@H](O)[C@@H]1O. The van der Waals surface area contributed by atoms with E-state index in [1.165, 1.54) is 78.4 Å². The molecule has 0 aliphatic carbocycles. The smallest absolute Gasteiger partial charge is 0.478 e. The van der Waals surface area contributed by atoms with Gasteiger partial charge in [0.05, 0.1) is 33.5 Å². The molecule has 1 aromatic rings. The molecule has 1 aliphatic heterocycles. The monoisotopic (exact) mass is 710 g/mol. The molecule has 1 aromatic heterocycles. The van der Waals surface area contributed by atoms with Crippen molar-refractivity contribution in [1.82, 2.24) is 9.55 Å². The minimum atomic E-state index is -5.23. The van der Waals surface area contributed by atoms with Crippen molar-refractivity contribution in [1.29, 1.82) is 0 Å². The van der Waals surface area contributed by atoms with Gasteiger partial charge in [0.1, 0.15) is 24.1 Å². The summed E-state index contributed by atoms with van der Waals surface area (Å²) in [6.07, 6.45) is 6.74. The molecule has 0 amide bonds. The molecule has 1 fully saturated rings. The summed E-state index contributed by atoms with van der Waals surface area (Å²) < 4.78 is 71.5. The molecule has 18 nitrogen and oxygen atoms in total. The summed E-state index contributed by atoms with van der Waals surface area (Å²) >= 11 is 0. The Morgan fingerprint density at radius 1 is 1.04 bits per heavy atom. The lowest BCUT2D eigenvalue weighted by molar-refractivity contribution is -1.04. The Hall–Kier alpha value is -1.31. The molecule has 45 heavy (non-hydrogen) atoms. The molecular formula is C24H48N4O14P2S. The van der Waals surface area contributed by atoms with E-state index in [4.69, 9.17) is 15.0 Å². The van der Waals surface area contributed by atoms with E-state index in [0.29, 0.717) is 6.42 Å². The van der Waals surface area contributed by atoms with Gasteiger partial charge in [0.2, 0.25) is 0 Å². The van der Waals surface area contributed by atoms with Crippen molar-refractivity contribution in [2.24, 2.45) is 0 Å². The third kappa shape index (κ3) is 18.0. The maximum Gasteiger partial charge on any atom is 0.478 e. The van der Waals surface area contributed by atoms with Crippen LogP contribution in [0.1, 0.15) is 77.4 Å². The van der Waals surface area contributed by atoms with E-state index in [9.17, 15) is 42.3 Å². The highest BCUT2D eigenvalue weighted by molar-refractivity contribution is 7.85. The Balaban J connectivity index is 0.000000538. The molecule has 0 spiro atoms. The molecular weight excluding hydrogens is 662 g/mol. The number of aliphatic hydroxyl groups excluding tert-OH is 2. The second-order valence-electron chi connectivity index (χ2n) is 11.3. The van der Waals surface area contributed by atoms with Gasteiger partial charge in [0.15, 0.2) is 6.23 Å². The van der Waals surface area contributed by atoms with Gasteiger partial charge in [-0.25, -0.2) is 13.7 Å². The van der Waals surface area contributed by atoms with Crippen molar-refractivity contribution in [2.75, 3.05) is 39.2 Å². The van der Waals surface area contributed by atoms with E-state index < -0.39 is 67.2 Å². The first-order valence-corrected chi connectivity index (χ1v) is 19.1. The molecule has 2 heterocycles. The van der Waals surface area contributed by atoms with Gasteiger partial charge in [0, 0.05) is 6.20 Å². The molecule has 264 valence electrons. The quantitative estimate of drug-likeness (QED) is 0.0447. The summed E-state index contributed by atoms with van der Waals surface area (Å²) in [5, 5.41) is 20.1. The molecule has 1 aliphatic rings. The lowest BCUT2D eigenvalue weighted by atomic mass is 10.1. The topological polar surface area (TPSA) is 270 Å². The molecule has 1 saturated heterocycles. The zero-order valence-corrected chi connectivity index (χ0v) is 28.6. The van der Waals surface area contributed by atoms with Gasteiger partial charge in [-0.15, -0.1) is 4.62 Å². The molecule has 2 unspecified atom stereocenters. The van der Waals surface area contributed by atoms with Crippen LogP contribution in [0, 0.1) is 0 Å². The lowest BCUT2D eigenvalue weighted by Crippen LogP contribution is -2.36. The van der Waals surface area contributed by atoms with Gasteiger partial charge in [0.25, 0.3) is 10.1 Å². The third-order valence-corrected chi connectivity index (χ3v) is 9.76. The van der Waals surface area contributed by atoms with E-state index in [1.54, 1.807) is 0 Å². The van der Waals surface area contributed by atoms with Crippen LogP contribution < -0.4 is 16.3 Å². The van der Waals surface area contributed by atoms with Crippen LogP contribution in [0.15, 0.2) is 17.1 Å². The number of nitrogen functional groups attached to an aromatic ring is 1. The first kappa shape index (κ1) is 41.7. The number of hydrogen-bond donors (Lipinski definition) is 5. The van der Waals surface area contributed by atoms with Crippen molar-refractivity contribution >= 4 is 31.6 Å². The second kappa shape index (κ2) is 18.9. The standard InChI is InChI=1S/C12H22N4O11P2.C12H26O3S/c1-16(2,3)26-29(22,23)27-28(20,21)24-6-7-9(17)10(18)11(25-7)15-5-4-8(13)14-12(15)19;1-2-3-4-5-6-7-8-9-10-11-12-16(13,14)15/h4-5,7,9-11,17-18H,6H2,1-3H3,(H3-,13,14,19,20,21,22,23);2-12H2,1H3,(H,13,14,15)/t7-,9-,10-,11-;/m1./s1. The third-order valence-electron chi connectivity index (χ3n) is 6.17. The first-order chi connectivity index (χ1) is 20.7. The zero-order valence-electron chi connectivity index (χ0n) is 26.0. The Morgan fingerprint density at radius 2 is 1.58 bits per heavy atom. The Kier molecular flexibility index (Phi) is 17.5. The fourth-order valence-corrected chi connectivity index (χ4v) is 6.94. The van der Waals surface area contributed by atoms with Gasteiger partial charge < -0.3 is 30.5 Å². The van der Waals surface area contributed by atoms with Crippen LogP contribution in [0.2, 0.25) is 0 Å². The Morgan fingerprint density at radius 3 is 2.07 bits per heavy atom. The highest BCUT2D eigenvalue weighted by Crippen LogP contribution is 2.59. The number of rotatable bonds is 19. The number of nitrogens with zero attached hydrogens (tertiary/aromatic N) is 3. The van der Waals surface area contributed by atoms with E-state index >= 15 is 0 Å². The maximum atomic E-state index is 11.9. The van der Waals surface area contributed by atoms with Gasteiger partial charge in [-0.1, -0.05) is 64.7 Å². The largest absolute Gasteiger partial charge is 0.752 e. The lowest BCUT2D eigenvalue weighted by Gasteiger charge is -2.30. The average molecular weight is 711 g/mol. The predicted molar refractivity (Wildman–Crippen MR) is 161 cm³/mol. The van der Waals surface area contributed by atoms with E-state index in [0.717, 1.165) is 17.4 Å². The van der Waals surface area contributed by atoms with Gasteiger partial charge >= 0.3 is 21.3 Å². The Labute approximate surface area is 263 Å². The number of anilines is 1. The molecule has 6 atom stereocenters. The summed E-state index contributed by atoms with van der Waals surface area (Å²) in [7, 11) is -10.2. The number of phosphoric acid groups is 2. The van der Waals surface area contributed by atoms with Crippen LogP contribution in [0.3, 0.4) is 0 Å². The number of aromatic nitrogens is 2. The summed E-state index contributed by atoms with van der Waals surface area (Å²) in [6, 6.07) is 1.25. The summed E-state index contributed by atoms with van der Waals surface area (Å²) in [5.41, 5.74) is 4.50. The number of quaternary nitrogens is 1. The van der Waals surface area contributed by atoms with Crippen LogP contribution in [0.25, 0.3) is 0 Å². The number of phosphoric ester groups is 1. The van der Waals surface area contributed by atoms with Crippen molar-refractivity contribution in [3.63, 3.8) is 0 Å². The van der Waals surface area contributed by atoms with E-state index in [1.807, 2.05) is 0 Å². The van der Waals surface area contributed by atoms with Gasteiger partial charge in [-0.05, 0) is 12.5 Å². The number of unbranched alkanes of at least 4 members (excludes halogenated alkanes) is 9. The molecule has 0 bridgehead atoms. The number of nitrogens with two attached hydrogens (primary N) is 1. The highest BCUT2D eigenvalue weighted by Gasteiger charge is 2.45. The number of ether oxygens (including phenoxy) is 1. The highest BCUT2D eigenvalue weighted by atomic mass is 32.2. The zero-order chi connectivity index (χ0) is 34.5. The van der Waals surface area contributed by atoms with Crippen LogP contribution >= 0.6 is 15.6 Å². The van der Waals surface area contributed by atoms with Crippen molar-refractivity contribution in [3.05, 3.63) is 22.7 Å². The number of hydrogen-bond acceptors (Lipinski definition) is 14. The predicted octanol–water partition coefficient (Wildman–Crippen LogP) is 1.48. The fraction of sp³-hybridized carbons (Fsp3) is 0.833. The molecule has 21 heteroatoms. The van der Waals surface area contributed by atoms with Crippen LogP contribution in [0.4, 0.5) is 5.82 Å². The second-order valence-corrected chi connectivity index (χ2v) is 15.8. The normalized spacial score (nSPS) is 23.1. The van der Waals surface area contributed by atoms with Crippen molar-refractivity contribution < 1.29 is 64.9 Å². The van der Waals surface area contributed by atoms with Crippen molar-refractivity contribution in [2.45, 2.75) is 95.7 Å². The summed E-state index contributed by atoms with van der Waals surface area (Å²) in [4.78, 5) is 36.6.